The molecular formula is C22H24N4OS. The van der Waals surface area contributed by atoms with Crippen LogP contribution in [0.15, 0.2) is 54.7 Å². The summed E-state index contributed by atoms with van der Waals surface area (Å²) >= 11 is 1.68. The molecule has 1 atom stereocenters. The highest BCUT2D eigenvalue weighted by Crippen LogP contribution is 2.23. The van der Waals surface area contributed by atoms with Crippen LogP contribution in [0.25, 0.3) is 21.1 Å². The van der Waals surface area contributed by atoms with Crippen LogP contribution in [0.2, 0.25) is 0 Å². The summed E-state index contributed by atoms with van der Waals surface area (Å²) in [6.07, 6.45) is 2.84. The van der Waals surface area contributed by atoms with Gasteiger partial charge in [-0.05, 0) is 44.2 Å². The van der Waals surface area contributed by atoms with E-state index >= 15 is 0 Å². The number of amides is 1. The molecule has 2 heterocycles. The van der Waals surface area contributed by atoms with Gasteiger partial charge in [0.15, 0.2) is 0 Å². The van der Waals surface area contributed by atoms with Gasteiger partial charge in [-0.15, -0.1) is 11.3 Å². The Morgan fingerprint density at radius 3 is 2.86 bits per heavy atom. The third-order valence-corrected chi connectivity index (χ3v) is 6.15. The molecule has 6 heteroatoms. The monoisotopic (exact) mass is 392 g/mol. The van der Waals surface area contributed by atoms with Gasteiger partial charge in [-0.2, -0.15) is 0 Å². The van der Waals surface area contributed by atoms with E-state index in [1.807, 2.05) is 55.4 Å². The first kappa shape index (κ1) is 18.7. The van der Waals surface area contributed by atoms with Crippen molar-refractivity contribution in [3.05, 3.63) is 65.3 Å². The lowest BCUT2D eigenvalue weighted by atomic mass is 10.1. The number of thiazole rings is 1. The van der Waals surface area contributed by atoms with E-state index in [1.54, 1.807) is 11.3 Å². The van der Waals surface area contributed by atoms with Crippen molar-refractivity contribution in [3.63, 3.8) is 0 Å². The zero-order valence-electron chi connectivity index (χ0n) is 16.1. The molecule has 2 aromatic carbocycles. The summed E-state index contributed by atoms with van der Waals surface area (Å²) < 4.78 is 1.18. The van der Waals surface area contributed by atoms with Crippen molar-refractivity contribution in [1.82, 2.24) is 20.2 Å². The molecule has 0 aliphatic carbocycles. The second-order valence-corrected chi connectivity index (χ2v) is 8.18. The average Bonchev–Trinajstić information content (AvgIpc) is 3.30. The number of likely N-dealkylation sites (N-methyl/N-ethyl adjacent to an activating group) is 1. The van der Waals surface area contributed by atoms with Crippen molar-refractivity contribution in [3.8, 4) is 0 Å². The SMILES string of the molecule is CC(C(=O)NCCc1c[nH]c2ccccc12)N(C)Cc1nc2ccccc2s1. The number of nitrogens with zero attached hydrogens (tertiary/aromatic N) is 2. The number of hydrogen-bond acceptors (Lipinski definition) is 4. The molecule has 4 rings (SSSR count). The first-order chi connectivity index (χ1) is 13.6. The lowest BCUT2D eigenvalue weighted by Crippen LogP contribution is -2.43. The first-order valence-electron chi connectivity index (χ1n) is 9.49. The zero-order chi connectivity index (χ0) is 19.5. The van der Waals surface area contributed by atoms with Gasteiger partial charge in [0.05, 0.1) is 22.8 Å². The predicted molar refractivity (Wildman–Crippen MR) is 116 cm³/mol. The Morgan fingerprint density at radius 1 is 1.21 bits per heavy atom. The highest BCUT2D eigenvalue weighted by molar-refractivity contribution is 7.18. The number of aromatic nitrogens is 2. The Labute approximate surface area is 168 Å². The Bertz CT molecular complexity index is 1070. The van der Waals surface area contributed by atoms with Gasteiger partial charge in [0, 0.05) is 23.6 Å². The summed E-state index contributed by atoms with van der Waals surface area (Å²) in [5.41, 5.74) is 3.38. The number of carbonyl (C=O) groups is 1. The maximum atomic E-state index is 12.6. The first-order valence-corrected chi connectivity index (χ1v) is 10.3. The molecule has 144 valence electrons. The molecule has 0 bridgehead atoms. The molecule has 2 aromatic heterocycles. The molecule has 2 N–H and O–H groups in total. The highest BCUT2D eigenvalue weighted by Gasteiger charge is 2.19. The minimum atomic E-state index is -0.213. The molecule has 1 unspecified atom stereocenters. The number of benzene rings is 2. The molecule has 28 heavy (non-hydrogen) atoms. The lowest BCUT2D eigenvalue weighted by Gasteiger charge is -2.22. The van der Waals surface area contributed by atoms with Crippen molar-refractivity contribution in [2.45, 2.75) is 25.9 Å². The summed E-state index contributed by atoms with van der Waals surface area (Å²) in [4.78, 5) is 22.5. The van der Waals surface area contributed by atoms with Crippen LogP contribution in [0.4, 0.5) is 0 Å². The van der Waals surface area contributed by atoms with Crippen LogP contribution < -0.4 is 5.32 Å². The van der Waals surface area contributed by atoms with Gasteiger partial charge in [0.2, 0.25) is 5.91 Å². The summed E-state index contributed by atoms with van der Waals surface area (Å²) in [5.74, 6) is 0.0449. The zero-order valence-corrected chi connectivity index (χ0v) is 16.9. The normalized spacial score (nSPS) is 12.7. The molecule has 0 radical (unpaired) electrons. The van der Waals surface area contributed by atoms with Gasteiger partial charge < -0.3 is 10.3 Å². The van der Waals surface area contributed by atoms with Crippen molar-refractivity contribution >= 4 is 38.4 Å². The fourth-order valence-corrected chi connectivity index (χ4v) is 4.38. The van der Waals surface area contributed by atoms with Crippen LogP contribution in [0, 0.1) is 0 Å². The second kappa shape index (κ2) is 8.12. The van der Waals surface area contributed by atoms with Crippen LogP contribution in [0.3, 0.4) is 0 Å². The van der Waals surface area contributed by atoms with E-state index in [0.717, 1.165) is 22.5 Å². The fourth-order valence-electron chi connectivity index (χ4n) is 3.34. The number of fused-ring (bicyclic) bond motifs is 2. The molecular weight excluding hydrogens is 368 g/mol. The number of H-pyrrole nitrogens is 1. The quantitative estimate of drug-likeness (QED) is 0.500. The van der Waals surface area contributed by atoms with Crippen molar-refractivity contribution in [2.24, 2.45) is 0 Å². The van der Waals surface area contributed by atoms with E-state index in [1.165, 1.54) is 15.6 Å². The maximum Gasteiger partial charge on any atom is 0.237 e. The summed E-state index contributed by atoms with van der Waals surface area (Å²) in [5, 5.41) is 5.32. The molecule has 4 aromatic rings. The minimum absolute atomic E-state index is 0.0449. The number of rotatable bonds is 7. The van der Waals surface area contributed by atoms with E-state index in [-0.39, 0.29) is 11.9 Å². The molecule has 0 aliphatic heterocycles. The Balaban J connectivity index is 1.31. The van der Waals surface area contributed by atoms with E-state index in [4.69, 9.17) is 0 Å². The van der Waals surface area contributed by atoms with Crippen LogP contribution >= 0.6 is 11.3 Å². The Kier molecular flexibility index (Phi) is 5.41. The maximum absolute atomic E-state index is 12.6. The summed E-state index contributed by atoms with van der Waals surface area (Å²) in [7, 11) is 1.97. The minimum Gasteiger partial charge on any atom is -0.361 e. The van der Waals surface area contributed by atoms with Gasteiger partial charge in [-0.25, -0.2) is 4.98 Å². The van der Waals surface area contributed by atoms with Gasteiger partial charge in [0.25, 0.3) is 0 Å². The summed E-state index contributed by atoms with van der Waals surface area (Å²) in [6.45, 7) is 3.23. The molecule has 5 nitrogen and oxygen atoms in total. The van der Waals surface area contributed by atoms with Crippen molar-refractivity contribution < 1.29 is 4.79 Å². The van der Waals surface area contributed by atoms with Gasteiger partial charge in [-0.1, -0.05) is 30.3 Å². The number of hydrogen-bond donors (Lipinski definition) is 2. The predicted octanol–water partition coefficient (Wildman–Crippen LogP) is 3.96. The van der Waals surface area contributed by atoms with Crippen molar-refractivity contribution in [1.29, 1.82) is 0 Å². The van der Waals surface area contributed by atoms with Gasteiger partial charge >= 0.3 is 0 Å². The number of nitrogens with one attached hydrogen (secondary N) is 2. The standard InChI is InChI=1S/C22H24N4OS/c1-15(26(2)14-21-25-19-9-5-6-10-20(19)28-21)22(27)23-12-11-16-13-24-18-8-4-3-7-17(16)18/h3-10,13,15,24H,11-12,14H2,1-2H3,(H,23,27). The average molecular weight is 393 g/mol. The summed E-state index contributed by atoms with van der Waals surface area (Å²) in [6, 6.07) is 16.2. The smallest absolute Gasteiger partial charge is 0.237 e. The number of carbonyl (C=O) groups excluding carboxylic acids is 1. The van der Waals surface area contributed by atoms with E-state index < -0.39 is 0 Å². The third kappa shape index (κ3) is 3.93. The van der Waals surface area contributed by atoms with Crippen LogP contribution in [-0.2, 0) is 17.8 Å². The molecule has 0 spiro atoms. The van der Waals surface area contributed by atoms with Crippen LogP contribution in [0.1, 0.15) is 17.5 Å². The van der Waals surface area contributed by atoms with E-state index in [9.17, 15) is 4.79 Å². The van der Waals surface area contributed by atoms with Crippen LogP contribution in [-0.4, -0.2) is 40.4 Å². The fraction of sp³-hybridized carbons (Fsp3) is 0.273. The molecule has 0 saturated heterocycles. The second-order valence-electron chi connectivity index (χ2n) is 7.07. The third-order valence-electron chi connectivity index (χ3n) is 5.13. The van der Waals surface area contributed by atoms with E-state index in [0.29, 0.717) is 13.1 Å². The van der Waals surface area contributed by atoms with Crippen molar-refractivity contribution in [2.75, 3.05) is 13.6 Å². The van der Waals surface area contributed by atoms with Gasteiger partial charge in [-0.3, -0.25) is 9.69 Å². The van der Waals surface area contributed by atoms with Gasteiger partial charge in [0.1, 0.15) is 5.01 Å². The lowest BCUT2D eigenvalue weighted by molar-refractivity contribution is -0.125. The Morgan fingerprint density at radius 2 is 2.00 bits per heavy atom. The number of aromatic amines is 1. The largest absolute Gasteiger partial charge is 0.361 e. The highest BCUT2D eigenvalue weighted by atomic mass is 32.1. The molecule has 1 amide bonds. The van der Waals surface area contributed by atoms with E-state index in [2.05, 4.69) is 33.5 Å². The molecule has 0 fully saturated rings. The van der Waals surface area contributed by atoms with Crippen LogP contribution in [0.5, 0.6) is 0 Å². The Hall–Kier alpha value is -2.70. The molecule has 0 saturated carbocycles. The topological polar surface area (TPSA) is 61.0 Å². The molecule has 0 aliphatic rings. The number of para-hydroxylation sites is 2.